The van der Waals surface area contributed by atoms with Crippen LogP contribution < -0.4 is 21.5 Å². The Bertz CT molecular complexity index is 1070. The highest BCUT2D eigenvalue weighted by Crippen LogP contribution is 2.36. The molecule has 0 bridgehead atoms. The fourth-order valence-electron chi connectivity index (χ4n) is 6.41. The lowest BCUT2D eigenvalue weighted by Crippen LogP contribution is -2.51. The van der Waals surface area contributed by atoms with Gasteiger partial charge >= 0.3 is 0 Å². The van der Waals surface area contributed by atoms with Gasteiger partial charge in [0.05, 0.1) is 11.7 Å². The molecule has 0 radical (unpaired) electrons. The second-order valence-electron chi connectivity index (χ2n) is 10.6. The number of hydrogen-bond donors (Lipinski definition) is 3. The average Bonchev–Trinajstić information content (AvgIpc) is 3.55. The first-order chi connectivity index (χ1) is 16.5. The van der Waals surface area contributed by atoms with Crippen molar-refractivity contribution in [3.8, 4) is 0 Å². The maximum Gasteiger partial charge on any atom is 0.241 e. The van der Waals surface area contributed by atoms with Gasteiger partial charge in [0.15, 0.2) is 5.65 Å². The van der Waals surface area contributed by atoms with E-state index in [2.05, 4.69) is 22.7 Å². The first-order valence-corrected chi connectivity index (χ1v) is 12.8. The van der Waals surface area contributed by atoms with Gasteiger partial charge in [0.1, 0.15) is 18.0 Å². The summed E-state index contributed by atoms with van der Waals surface area (Å²) in [6.45, 7) is 4.50. The largest absolute Gasteiger partial charge is 0.355 e. The Kier molecular flexibility index (Phi) is 5.69. The molecule has 6 rings (SSSR count). The minimum absolute atomic E-state index is 0.00129. The number of likely N-dealkylation sites (tertiary alicyclic amines) is 1. The molecule has 4 fully saturated rings. The van der Waals surface area contributed by atoms with Crippen molar-refractivity contribution in [1.82, 2.24) is 30.3 Å². The van der Waals surface area contributed by atoms with E-state index < -0.39 is 6.17 Å². The van der Waals surface area contributed by atoms with Crippen molar-refractivity contribution in [2.24, 2.45) is 11.7 Å². The fraction of sp³-hybridized carbons (Fsp3) is 0.708. The molecule has 4 unspecified atom stereocenters. The van der Waals surface area contributed by atoms with Crippen LogP contribution in [0.1, 0.15) is 62.2 Å². The third-order valence-electron chi connectivity index (χ3n) is 8.23. The minimum Gasteiger partial charge on any atom is -0.355 e. The van der Waals surface area contributed by atoms with Crippen molar-refractivity contribution < 1.29 is 9.18 Å². The number of piperidine rings is 1. The monoisotopic (exact) mass is 470 g/mol. The van der Waals surface area contributed by atoms with Crippen LogP contribution in [0.2, 0.25) is 0 Å². The number of hydrazine groups is 1. The molecule has 10 heteroatoms. The summed E-state index contributed by atoms with van der Waals surface area (Å²) in [5, 5.41) is 4.85. The lowest BCUT2D eigenvalue weighted by atomic mass is 9.80. The fourth-order valence-corrected chi connectivity index (χ4v) is 6.41. The number of nitrogens with one attached hydrogen (secondary N) is 2. The smallest absolute Gasteiger partial charge is 0.241 e. The van der Waals surface area contributed by atoms with E-state index in [1.54, 1.807) is 0 Å². The number of nitrogens with two attached hydrogens (primary N) is 1. The van der Waals surface area contributed by atoms with Crippen molar-refractivity contribution in [1.29, 1.82) is 0 Å². The summed E-state index contributed by atoms with van der Waals surface area (Å²) in [5.41, 5.74) is 15.3. The van der Waals surface area contributed by atoms with Crippen LogP contribution in [0.15, 0.2) is 12.3 Å². The molecule has 3 aliphatic heterocycles. The van der Waals surface area contributed by atoms with E-state index in [1.807, 2.05) is 21.7 Å². The summed E-state index contributed by atoms with van der Waals surface area (Å²) in [6.07, 6.45) is 6.88. The Morgan fingerprint density at radius 3 is 2.88 bits per heavy atom. The second-order valence-corrected chi connectivity index (χ2v) is 10.6. The van der Waals surface area contributed by atoms with Gasteiger partial charge in [-0.05, 0) is 51.9 Å². The predicted octanol–water partition coefficient (Wildman–Crippen LogP) is 1.61. The van der Waals surface area contributed by atoms with E-state index in [-0.39, 0.29) is 36.0 Å². The van der Waals surface area contributed by atoms with Crippen molar-refractivity contribution >= 4 is 17.4 Å². The third kappa shape index (κ3) is 3.85. The van der Waals surface area contributed by atoms with Crippen LogP contribution in [0.4, 0.5) is 10.2 Å². The number of aromatic nitrogens is 3. The maximum atomic E-state index is 14.1. The van der Waals surface area contributed by atoms with Crippen molar-refractivity contribution in [3.63, 3.8) is 0 Å². The van der Waals surface area contributed by atoms with Gasteiger partial charge < -0.3 is 15.5 Å². The van der Waals surface area contributed by atoms with Gasteiger partial charge in [-0.15, -0.1) is 0 Å². The number of nitrogens with zero attached hydrogens (tertiary/aromatic N) is 5. The van der Waals surface area contributed by atoms with Crippen LogP contribution in [-0.4, -0.2) is 69.3 Å². The second kappa shape index (κ2) is 8.73. The van der Waals surface area contributed by atoms with Crippen molar-refractivity contribution in [2.45, 2.75) is 82.2 Å². The molecule has 3 saturated heterocycles. The Morgan fingerprint density at radius 2 is 2.06 bits per heavy atom. The van der Waals surface area contributed by atoms with E-state index in [1.165, 1.54) is 0 Å². The molecule has 4 N–H and O–H groups in total. The predicted molar refractivity (Wildman–Crippen MR) is 127 cm³/mol. The molecule has 0 aromatic carbocycles. The number of alkyl halides is 1. The lowest BCUT2D eigenvalue weighted by Gasteiger charge is -2.38. The molecule has 184 valence electrons. The van der Waals surface area contributed by atoms with Gasteiger partial charge in [-0.3, -0.25) is 10.2 Å². The molecule has 4 aliphatic rings. The quantitative estimate of drug-likeness (QED) is 0.626. The SMILES string of the molecule is Cc1cn2nc([C@@H]3CCCCN3C(=O)C3NNC4CCC(F)CC43)cc2nc1N1CC[C@H](N)C1. The number of fused-ring (bicyclic) bond motifs is 2. The van der Waals surface area contributed by atoms with Gasteiger partial charge in [0.25, 0.3) is 0 Å². The summed E-state index contributed by atoms with van der Waals surface area (Å²) < 4.78 is 16.0. The standard InChI is InChI=1S/C24H35FN8O/c1-14-12-33-21(27-23(14)31-9-7-16(26)13-31)11-19(30-33)20-4-2-3-8-32(20)24(34)22-17-10-15(25)5-6-18(17)28-29-22/h11-12,15-18,20,22,28-29H,2-10,13,26H2,1H3/t15?,16-,17?,18?,20-,22?/m0/s1. The van der Waals surface area contributed by atoms with Gasteiger partial charge in [-0.25, -0.2) is 19.3 Å². The van der Waals surface area contributed by atoms with E-state index in [4.69, 9.17) is 15.8 Å². The molecule has 1 amide bonds. The zero-order valence-corrected chi connectivity index (χ0v) is 19.8. The number of amides is 1. The van der Waals surface area contributed by atoms with Crippen LogP contribution in [-0.2, 0) is 4.79 Å². The molecule has 9 nitrogen and oxygen atoms in total. The van der Waals surface area contributed by atoms with Crippen LogP contribution in [0.25, 0.3) is 5.65 Å². The zero-order chi connectivity index (χ0) is 23.4. The topological polar surface area (TPSA) is 104 Å². The molecule has 2 aromatic heterocycles. The summed E-state index contributed by atoms with van der Waals surface area (Å²) in [5.74, 6) is 1.03. The molecular formula is C24H35FN8O. The minimum atomic E-state index is -0.817. The molecule has 6 atom stereocenters. The first-order valence-electron chi connectivity index (χ1n) is 12.8. The van der Waals surface area contributed by atoms with E-state index >= 15 is 0 Å². The Hall–Kier alpha value is -2.30. The Balaban J connectivity index is 1.27. The van der Waals surface area contributed by atoms with Crippen molar-refractivity contribution in [3.05, 3.63) is 23.5 Å². The van der Waals surface area contributed by atoms with Gasteiger partial charge in [-0.2, -0.15) is 5.10 Å². The Morgan fingerprint density at radius 1 is 1.18 bits per heavy atom. The number of aryl methyl sites for hydroxylation is 1. The molecular weight excluding hydrogens is 435 g/mol. The van der Waals surface area contributed by atoms with E-state index in [0.717, 1.165) is 67.9 Å². The summed E-state index contributed by atoms with van der Waals surface area (Å²) in [6, 6.07) is 1.92. The number of hydrogen-bond acceptors (Lipinski definition) is 7. The summed E-state index contributed by atoms with van der Waals surface area (Å²) in [7, 11) is 0. The molecule has 1 saturated carbocycles. The van der Waals surface area contributed by atoms with E-state index in [0.29, 0.717) is 19.4 Å². The lowest BCUT2D eigenvalue weighted by molar-refractivity contribution is -0.138. The van der Waals surface area contributed by atoms with Crippen LogP contribution >= 0.6 is 0 Å². The molecule has 2 aromatic rings. The normalized spacial score (nSPS) is 34.1. The highest BCUT2D eigenvalue weighted by atomic mass is 19.1. The summed E-state index contributed by atoms with van der Waals surface area (Å²) >= 11 is 0. The average molecular weight is 471 g/mol. The molecule has 5 heterocycles. The van der Waals surface area contributed by atoms with Crippen LogP contribution in [0.5, 0.6) is 0 Å². The number of carbonyl (C=O) groups excluding carboxylic acids is 1. The van der Waals surface area contributed by atoms with E-state index in [9.17, 15) is 9.18 Å². The van der Waals surface area contributed by atoms with Gasteiger partial charge in [0, 0.05) is 55.5 Å². The number of rotatable bonds is 3. The highest BCUT2D eigenvalue weighted by molar-refractivity contribution is 5.83. The zero-order valence-electron chi connectivity index (χ0n) is 19.8. The van der Waals surface area contributed by atoms with Crippen LogP contribution in [0, 0.1) is 12.8 Å². The highest BCUT2D eigenvalue weighted by Gasteiger charge is 2.46. The van der Waals surface area contributed by atoms with Gasteiger partial charge in [-0.1, -0.05) is 0 Å². The number of anilines is 1. The molecule has 1 aliphatic carbocycles. The number of halogens is 1. The Labute approximate surface area is 199 Å². The van der Waals surface area contributed by atoms with Gasteiger partial charge in [0.2, 0.25) is 5.91 Å². The number of carbonyl (C=O) groups is 1. The van der Waals surface area contributed by atoms with Crippen LogP contribution in [0.3, 0.4) is 0 Å². The molecule has 0 spiro atoms. The first kappa shape index (κ1) is 22.2. The van der Waals surface area contributed by atoms with Crippen molar-refractivity contribution in [2.75, 3.05) is 24.5 Å². The molecule has 34 heavy (non-hydrogen) atoms. The maximum absolute atomic E-state index is 14.1. The third-order valence-corrected chi connectivity index (χ3v) is 8.23. The summed E-state index contributed by atoms with van der Waals surface area (Å²) in [4.78, 5) is 22.9.